The molecule has 1 aromatic rings. The SMILES string of the molecule is CCNC(=NCC1CCCN1Cc1ccccc1)NCCC(=O)N(C)C.I. The van der Waals surface area contributed by atoms with Gasteiger partial charge in [-0.2, -0.15) is 0 Å². The van der Waals surface area contributed by atoms with E-state index in [0.717, 1.165) is 32.1 Å². The molecule has 0 aromatic heterocycles. The zero-order valence-corrected chi connectivity index (χ0v) is 19.1. The summed E-state index contributed by atoms with van der Waals surface area (Å²) in [5.74, 6) is 0.920. The summed E-state index contributed by atoms with van der Waals surface area (Å²) < 4.78 is 0. The van der Waals surface area contributed by atoms with Crippen molar-refractivity contribution in [1.29, 1.82) is 0 Å². The molecule has 2 N–H and O–H groups in total. The van der Waals surface area contributed by atoms with E-state index in [2.05, 4.69) is 52.8 Å². The van der Waals surface area contributed by atoms with Crippen molar-refractivity contribution < 1.29 is 4.79 Å². The smallest absolute Gasteiger partial charge is 0.223 e. The molecule has 6 nitrogen and oxygen atoms in total. The molecule has 1 unspecified atom stereocenters. The maximum atomic E-state index is 11.7. The third-order valence-corrected chi connectivity index (χ3v) is 4.66. The first-order valence-electron chi connectivity index (χ1n) is 9.60. The van der Waals surface area contributed by atoms with Crippen molar-refractivity contribution in [3.05, 3.63) is 35.9 Å². The average molecular weight is 487 g/mol. The van der Waals surface area contributed by atoms with Gasteiger partial charge in [0.25, 0.3) is 0 Å². The zero-order valence-electron chi connectivity index (χ0n) is 16.8. The maximum absolute atomic E-state index is 11.7. The highest BCUT2D eigenvalue weighted by Gasteiger charge is 2.24. The van der Waals surface area contributed by atoms with E-state index >= 15 is 0 Å². The quantitative estimate of drug-likeness (QED) is 0.336. The second-order valence-electron chi connectivity index (χ2n) is 6.94. The van der Waals surface area contributed by atoms with Crippen molar-refractivity contribution in [2.75, 3.05) is 40.3 Å². The van der Waals surface area contributed by atoms with Crippen LogP contribution in [0, 0.1) is 0 Å². The Bertz CT molecular complexity index is 579. The number of amides is 1. The number of nitrogens with zero attached hydrogens (tertiary/aromatic N) is 3. The van der Waals surface area contributed by atoms with Crippen LogP contribution in [-0.2, 0) is 11.3 Å². The lowest BCUT2D eigenvalue weighted by Gasteiger charge is -2.23. The van der Waals surface area contributed by atoms with Crippen molar-refractivity contribution in [3.8, 4) is 0 Å². The van der Waals surface area contributed by atoms with Gasteiger partial charge in [-0.3, -0.25) is 14.7 Å². The van der Waals surface area contributed by atoms with Crippen molar-refractivity contribution >= 4 is 35.8 Å². The van der Waals surface area contributed by atoms with Gasteiger partial charge in [-0.25, -0.2) is 0 Å². The van der Waals surface area contributed by atoms with Crippen LogP contribution in [0.15, 0.2) is 35.3 Å². The Morgan fingerprint density at radius 3 is 2.67 bits per heavy atom. The second kappa shape index (κ2) is 12.9. The molecule has 7 heteroatoms. The molecule has 1 fully saturated rings. The van der Waals surface area contributed by atoms with Gasteiger partial charge in [-0.1, -0.05) is 30.3 Å². The fraction of sp³-hybridized carbons (Fsp3) is 0.600. The van der Waals surface area contributed by atoms with Crippen LogP contribution in [0.3, 0.4) is 0 Å². The molecular weight excluding hydrogens is 453 g/mol. The summed E-state index contributed by atoms with van der Waals surface area (Å²) >= 11 is 0. The molecule has 1 aliphatic heterocycles. The summed E-state index contributed by atoms with van der Waals surface area (Å²) in [5.41, 5.74) is 1.36. The van der Waals surface area contributed by atoms with Crippen LogP contribution in [0.5, 0.6) is 0 Å². The van der Waals surface area contributed by atoms with E-state index in [1.807, 2.05) is 0 Å². The standard InChI is InChI=1S/C20H33N5O.HI/c1-4-21-20(22-13-12-19(26)24(2)3)23-15-18-11-8-14-25(18)16-17-9-6-5-7-10-17;/h5-7,9-10,18H,4,8,11-16H2,1-3H3,(H2,21,22,23);1H. The molecule has 1 amide bonds. The summed E-state index contributed by atoms with van der Waals surface area (Å²) in [6.07, 6.45) is 2.89. The van der Waals surface area contributed by atoms with Crippen molar-refractivity contribution in [1.82, 2.24) is 20.4 Å². The summed E-state index contributed by atoms with van der Waals surface area (Å²) in [4.78, 5) is 20.6. The molecule has 0 bridgehead atoms. The predicted molar refractivity (Wildman–Crippen MR) is 123 cm³/mol. The third-order valence-electron chi connectivity index (χ3n) is 4.66. The molecule has 1 saturated heterocycles. The van der Waals surface area contributed by atoms with Crippen molar-refractivity contribution in [2.24, 2.45) is 4.99 Å². The molecule has 1 aromatic carbocycles. The molecule has 0 saturated carbocycles. The van der Waals surface area contributed by atoms with Gasteiger partial charge in [-0.15, -0.1) is 24.0 Å². The highest BCUT2D eigenvalue weighted by atomic mass is 127. The van der Waals surface area contributed by atoms with Crippen molar-refractivity contribution in [2.45, 2.75) is 38.8 Å². The number of rotatable bonds is 8. The first kappa shape index (κ1) is 23.7. The first-order valence-corrected chi connectivity index (χ1v) is 9.60. The van der Waals surface area contributed by atoms with E-state index in [-0.39, 0.29) is 29.9 Å². The van der Waals surface area contributed by atoms with Crippen LogP contribution in [0.2, 0.25) is 0 Å². The number of carbonyl (C=O) groups is 1. The van der Waals surface area contributed by atoms with E-state index in [9.17, 15) is 4.79 Å². The normalized spacial score (nSPS) is 17.3. The summed E-state index contributed by atoms with van der Waals surface area (Å²) in [6, 6.07) is 11.1. The second-order valence-corrected chi connectivity index (χ2v) is 6.94. The summed E-state index contributed by atoms with van der Waals surface area (Å²) in [7, 11) is 3.56. The van der Waals surface area contributed by atoms with Gasteiger partial charge < -0.3 is 15.5 Å². The highest BCUT2D eigenvalue weighted by Crippen LogP contribution is 2.20. The first-order chi connectivity index (χ1) is 12.6. The average Bonchev–Trinajstić information content (AvgIpc) is 3.07. The van der Waals surface area contributed by atoms with Gasteiger partial charge in [-0.05, 0) is 31.9 Å². The highest BCUT2D eigenvalue weighted by molar-refractivity contribution is 14.0. The number of carbonyl (C=O) groups excluding carboxylic acids is 1. The van der Waals surface area contributed by atoms with Crippen LogP contribution < -0.4 is 10.6 Å². The molecule has 1 aliphatic rings. The molecule has 0 spiro atoms. The number of hydrogen-bond donors (Lipinski definition) is 2. The van der Waals surface area contributed by atoms with E-state index in [1.165, 1.54) is 18.4 Å². The maximum Gasteiger partial charge on any atom is 0.223 e. The Hall–Kier alpha value is -1.35. The number of halogens is 1. The Morgan fingerprint density at radius 1 is 1.26 bits per heavy atom. The lowest BCUT2D eigenvalue weighted by Crippen LogP contribution is -2.40. The molecule has 1 atom stereocenters. The van der Waals surface area contributed by atoms with Crippen LogP contribution in [-0.4, -0.2) is 68.0 Å². The minimum Gasteiger partial charge on any atom is -0.357 e. The number of nitrogens with one attached hydrogen (secondary N) is 2. The molecular formula is C20H34IN5O. The van der Waals surface area contributed by atoms with Gasteiger partial charge in [0.15, 0.2) is 5.96 Å². The number of guanidine groups is 1. The number of benzene rings is 1. The molecule has 0 aliphatic carbocycles. The van der Waals surface area contributed by atoms with E-state index in [0.29, 0.717) is 19.0 Å². The van der Waals surface area contributed by atoms with Gasteiger partial charge in [0.05, 0.1) is 6.54 Å². The zero-order chi connectivity index (χ0) is 18.8. The van der Waals surface area contributed by atoms with Crippen LogP contribution in [0.1, 0.15) is 31.7 Å². The largest absolute Gasteiger partial charge is 0.357 e. The monoisotopic (exact) mass is 487 g/mol. The van der Waals surface area contributed by atoms with Gasteiger partial charge in [0.2, 0.25) is 5.91 Å². The molecule has 0 radical (unpaired) electrons. The minimum atomic E-state index is 0. The van der Waals surface area contributed by atoms with E-state index in [4.69, 9.17) is 4.99 Å². The van der Waals surface area contributed by atoms with E-state index < -0.39 is 0 Å². The number of aliphatic imine (C=N–C) groups is 1. The molecule has 27 heavy (non-hydrogen) atoms. The lowest BCUT2D eigenvalue weighted by atomic mass is 10.2. The fourth-order valence-corrected chi connectivity index (χ4v) is 3.18. The third kappa shape index (κ3) is 8.47. The van der Waals surface area contributed by atoms with E-state index in [1.54, 1.807) is 19.0 Å². The Balaban J connectivity index is 0.00000364. The van der Waals surface area contributed by atoms with Crippen LogP contribution >= 0.6 is 24.0 Å². The van der Waals surface area contributed by atoms with Gasteiger partial charge in [0.1, 0.15) is 0 Å². The molecule has 1 heterocycles. The lowest BCUT2D eigenvalue weighted by molar-refractivity contribution is -0.128. The van der Waals surface area contributed by atoms with Crippen molar-refractivity contribution in [3.63, 3.8) is 0 Å². The van der Waals surface area contributed by atoms with Crippen LogP contribution in [0.4, 0.5) is 0 Å². The Morgan fingerprint density at radius 2 is 2.00 bits per heavy atom. The number of hydrogen-bond acceptors (Lipinski definition) is 3. The summed E-state index contributed by atoms with van der Waals surface area (Å²) in [5, 5.41) is 6.54. The summed E-state index contributed by atoms with van der Waals surface area (Å²) in [6.45, 7) is 6.37. The van der Waals surface area contributed by atoms with Crippen LogP contribution in [0.25, 0.3) is 0 Å². The molecule has 2 rings (SSSR count). The Kier molecular flexibility index (Phi) is 11.3. The minimum absolute atomic E-state index is 0. The predicted octanol–water partition coefficient (Wildman–Crippen LogP) is 2.30. The van der Waals surface area contributed by atoms with Gasteiger partial charge in [0, 0.05) is 46.2 Å². The Labute approximate surface area is 180 Å². The topological polar surface area (TPSA) is 60.0 Å². The number of likely N-dealkylation sites (tertiary alicyclic amines) is 1. The fourth-order valence-electron chi connectivity index (χ4n) is 3.18. The molecule has 152 valence electrons. The van der Waals surface area contributed by atoms with Gasteiger partial charge >= 0.3 is 0 Å².